The third-order valence-corrected chi connectivity index (χ3v) is 2.85. The number of carbonyl (C=O) groups is 2. The Balaban J connectivity index is 0.000000396. The lowest BCUT2D eigenvalue weighted by atomic mass is 10.1. The molecule has 0 aliphatic rings. The van der Waals surface area contributed by atoms with Crippen molar-refractivity contribution in [3.8, 4) is 0 Å². The molecule has 0 heterocycles. The van der Waals surface area contributed by atoms with Gasteiger partial charge < -0.3 is 10.2 Å². The van der Waals surface area contributed by atoms with E-state index in [-0.39, 0.29) is 16.0 Å². The molecule has 1 rings (SSSR count). The predicted molar refractivity (Wildman–Crippen MR) is 80.0 cm³/mol. The second kappa shape index (κ2) is 10.5. The summed E-state index contributed by atoms with van der Waals surface area (Å²) in [7, 11) is 0. The van der Waals surface area contributed by atoms with Gasteiger partial charge in [-0.05, 0) is 18.6 Å². The van der Waals surface area contributed by atoms with Gasteiger partial charge in [0.1, 0.15) is 4.84 Å². The van der Waals surface area contributed by atoms with Gasteiger partial charge in [0.05, 0.1) is 11.1 Å². The molecule has 0 unspecified atom stereocenters. The molecule has 0 saturated heterocycles. The van der Waals surface area contributed by atoms with E-state index in [4.69, 9.17) is 33.4 Å². The zero-order valence-electron chi connectivity index (χ0n) is 11.2. The van der Waals surface area contributed by atoms with Crippen molar-refractivity contribution in [2.75, 3.05) is 0 Å². The van der Waals surface area contributed by atoms with Gasteiger partial charge in [-0.1, -0.05) is 38.3 Å². The van der Waals surface area contributed by atoms with E-state index in [1.165, 1.54) is 37.1 Å². The molecular weight excluding hydrogens is 303 g/mol. The number of benzene rings is 1. The average Bonchev–Trinajstić information content (AvgIpc) is 2.39. The average molecular weight is 321 g/mol. The number of hydrogen-bond acceptors (Lipinski definition) is 2. The fraction of sp³-hybridized carbons (Fsp3) is 0.429. The van der Waals surface area contributed by atoms with Crippen LogP contribution in [0.15, 0.2) is 24.3 Å². The van der Waals surface area contributed by atoms with Crippen LogP contribution in [0.25, 0.3) is 0 Å². The highest BCUT2D eigenvalue weighted by Crippen LogP contribution is 2.11. The highest BCUT2D eigenvalue weighted by Gasteiger charge is 2.13. The number of carboxylic acid groups (broad SMARTS) is 2. The van der Waals surface area contributed by atoms with E-state index >= 15 is 0 Å². The number of unbranched alkanes of at least 4 members (excludes halogenated alkanes) is 2. The molecule has 0 atom stereocenters. The second-order valence-electron chi connectivity index (χ2n) is 4.04. The Morgan fingerprint density at radius 1 is 1.05 bits per heavy atom. The Kier molecular flexibility index (Phi) is 9.86. The number of rotatable bonds is 6. The Hall–Kier alpha value is -1.26. The number of hydrogen-bond donors (Lipinski definition) is 2. The minimum atomic E-state index is -1.23. The van der Waals surface area contributed by atoms with Gasteiger partial charge in [-0.15, -0.1) is 23.2 Å². The normalized spacial score (nSPS) is 9.80. The van der Waals surface area contributed by atoms with Gasteiger partial charge in [0.15, 0.2) is 0 Å². The summed E-state index contributed by atoms with van der Waals surface area (Å²) < 4.78 is 0. The Morgan fingerprint density at radius 3 is 1.80 bits per heavy atom. The summed E-state index contributed by atoms with van der Waals surface area (Å²) in [6, 6.07) is 5.48. The van der Waals surface area contributed by atoms with Crippen LogP contribution >= 0.6 is 23.2 Å². The van der Waals surface area contributed by atoms with Gasteiger partial charge in [-0.2, -0.15) is 0 Å². The Labute approximate surface area is 128 Å². The fourth-order valence-corrected chi connectivity index (χ4v) is 1.71. The van der Waals surface area contributed by atoms with Gasteiger partial charge in [0.2, 0.25) is 0 Å². The first-order valence-corrected chi connectivity index (χ1v) is 7.11. The smallest absolute Gasteiger partial charge is 0.336 e. The van der Waals surface area contributed by atoms with E-state index in [0.29, 0.717) is 0 Å². The molecule has 0 amide bonds. The van der Waals surface area contributed by atoms with Crippen molar-refractivity contribution in [2.24, 2.45) is 0 Å². The van der Waals surface area contributed by atoms with E-state index in [9.17, 15) is 9.59 Å². The van der Waals surface area contributed by atoms with Crippen LogP contribution in [0.1, 0.15) is 53.3 Å². The van der Waals surface area contributed by atoms with Crippen LogP contribution in [0.2, 0.25) is 0 Å². The zero-order valence-corrected chi connectivity index (χ0v) is 12.7. The fourth-order valence-electron chi connectivity index (χ4n) is 1.40. The topological polar surface area (TPSA) is 74.6 Å². The van der Waals surface area contributed by atoms with Gasteiger partial charge in [-0.25, -0.2) is 9.59 Å². The molecule has 2 N–H and O–H groups in total. The minimum Gasteiger partial charge on any atom is -0.478 e. The first kappa shape index (κ1) is 18.7. The molecule has 0 aromatic heterocycles. The molecule has 0 spiro atoms. The number of alkyl halides is 2. The summed E-state index contributed by atoms with van der Waals surface area (Å²) in [5, 5.41) is 17.1. The number of aromatic carboxylic acids is 2. The van der Waals surface area contributed by atoms with Crippen LogP contribution in [0.3, 0.4) is 0 Å². The molecule has 0 aliphatic carbocycles. The SMILES string of the molecule is CCCCCC(Cl)Cl.O=C(O)c1ccccc1C(=O)O. The number of carboxylic acids is 2. The van der Waals surface area contributed by atoms with Gasteiger partial charge >= 0.3 is 11.9 Å². The van der Waals surface area contributed by atoms with Crippen molar-refractivity contribution in [3.63, 3.8) is 0 Å². The van der Waals surface area contributed by atoms with Crippen molar-refractivity contribution in [2.45, 2.75) is 37.4 Å². The number of halogens is 2. The Bertz CT molecular complexity index is 400. The zero-order chi connectivity index (χ0) is 15.5. The van der Waals surface area contributed by atoms with Crippen molar-refractivity contribution < 1.29 is 19.8 Å². The van der Waals surface area contributed by atoms with E-state index in [1.54, 1.807) is 0 Å². The van der Waals surface area contributed by atoms with Gasteiger partial charge in [0, 0.05) is 0 Å². The predicted octanol–water partition coefficient (Wildman–Crippen LogP) is 4.45. The summed E-state index contributed by atoms with van der Waals surface area (Å²) in [6.45, 7) is 2.16. The minimum absolute atomic E-state index is 0.151. The van der Waals surface area contributed by atoms with Crippen molar-refractivity contribution in [1.29, 1.82) is 0 Å². The van der Waals surface area contributed by atoms with Gasteiger partial charge in [-0.3, -0.25) is 0 Å². The van der Waals surface area contributed by atoms with Crippen LogP contribution in [0.4, 0.5) is 0 Å². The molecule has 4 nitrogen and oxygen atoms in total. The maximum absolute atomic E-state index is 10.5. The van der Waals surface area contributed by atoms with Crippen molar-refractivity contribution in [3.05, 3.63) is 35.4 Å². The molecular formula is C14H18Cl2O4. The van der Waals surface area contributed by atoms with E-state index in [1.807, 2.05) is 0 Å². The standard InChI is InChI=1S/C8H6O4.C6H12Cl2/c9-7(10)5-3-1-2-4-6(5)8(11)12;1-2-3-4-5-6(7)8/h1-4H,(H,9,10)(H,11,12);6H,2-5H2,1H3. The van der Waals surface area contributed by atoms with E-state index in [2.05, 4.69) is 6.92 Å². The molecule has 0 saturated carbocycles. The second-order valence-corrected chi connectivity index (χ2v) is 5.32. The molecule has 1 aromatic carbocycles. The monoisotopic (exact) mass is 320 g/mol. The first-order valence-electron chi connectivity index (χ1n) is 6.23. The summed E-state index contributed by atoms with van der Waals surface area (Å²) in [5.41, 5.74) is -0.380. The summed E-state index contributed by atoms with van der Waals surface area (Å²) in [5.74, 6) is -2.46. The summed E-state index contributed by atoms with van der Waals surface area (Å²) in [6.07, 6.45) is 4.58. The quantitative estimate of drug-likeness (QED) is 0.599. The van der Waals surface area contributed by atoms with E-state index in [0.717, 1.165) is 12.8 Å². The molecule has 20 heavy (non-hydrogen) atoms. The van der Waals surface area contributed by atoms with Crippen LogP contribution < -0.4 is 0 Å². The molecule has 6 heteroatoms. The highest BCUT2D eigenvalue weighted by molar-refractivity contribution is 6.44. The van der Waals surface area contributed by atoms with Crippen LogP contribution in [-0.2, 0) is 0 Å². The third kappa shape index (κ3) is 8.02. The lowest BCUT2D eigenvalue weighted by Crippen LogP contribution is -2.06. The Morgan fingerprint density at radius 2 is 1.50 bits per heavy atom. The van der Waals surface area contributed by atoms with Crippen molar-refractivity contribution >= 4 is 35.1 Å². The summed E-state index contributed by atoms with van der Waals surface area (Å²) in [4.78, 5) is 20.8. The van der Waals surface area contributed by atoms with Crippen LogP contribution in [-0.4, -0.2) is 27.0 Å². The molecule has 1 aromatic rings. The first-order chi connectivity index (χ1) is 9.40. The van der Waals surface area contributed by atoms with Crippen LogP contribution in [0.5, 0.6) is 0 Å². The largest absolute Gasteiger partial charge is 0.478 e. The molecule has 0 bridgehead atoms. The summed E-state index contributed by atoms with van der Waals surface area (Å²) >= 11 is 11.0. The maximum Gasteiger partial charge on any atom is 0.336 e. The molecule has 0 radical (unpaired) electrons. The maximum atomic E-state index is 10.5. The molecule has 0 aliphatic heterocycles. The van der Waals surface area contributed by atoms with Crippen LogP contribution in [0, 0.1) is 0 Å². The van der Waals surface area contributed by atoms with E-state index < -0.39 is 11.9 Å². The van der Waals surface area contributed by atoms with Crippen molar-refractivity contribution in [1.82, 2.24) is 0 Å². The lowest BCUT2D eigenvalue weighted by molar-refractivity contribution is 0.0651. The lowest BCUT2D eigenvalue weighted by Gasteiger charge is -1.98. The molecule has 0 fully saturated rings. The molecule has 112 valence electrons. The third-order valence-electron chi connectivity index (χ3n) is 2.41. The highest BCUT2D eigenvalue weighted by atomic mass is 35.5. The van der Waals surface area contributed by atoms with Gasteiger partial charge in [0.25, 0.3) is 0 Å².